The number of hydrogen-bond donors (Lipinski definition) is 6. The van der Waals surface area contributed by atoms with Gasteiger partial charge in [-0.15, -0.1) is 0 Å². The second kappa shape index (κ2) is 14.1. The minimum absolute atomic E-state index is 0.0265. The summed E-state index contributed by atoms with van der Waals surface area (Å²) in [6, 6.07) is 0. The Kier molecular flexibility index (Phi) is 12.2. The fraction of sp³-hybridized carbons (Fsp3) is 0.867. The van der Waals surface area contributed by atoms with E-state index < -0.39 is 0 Å². The molecule has 0 aromatic heterocycles. The number of rotatable bonds is 15. The van der Waals surface area contributed by atoms with E-state index in [1.165, 1.54) is 0 Å². The third-order valence-electron chi connectivity index (χ3n) is 3.65. The second-order valence-corrected chi connectivity index (χ2v) is 5.64. The van der Waals surface area contributed by atoms with E-state index in [0.717, 1.165) is 64.7 Å². The van der Waals surface area contributed by atoms with Crippen LogP contribution in [0.4, 0.5) is 0 Å². The Morgan fingerprint density at radius 2 is 1.58 bits per heavy atom. The van der Waals surface area contributed by atoms with Gasteiger partial charge in [-0.05, 0) is 0 Å². The van der Waals surface area contributed by atoms with E-state index >= 15 is 0 Å². The van der Waals surface area contributed by atoms with E-state index in [2.05, 4.69) is 31.2 Å². The number of amidine groups is 1. The van der Waals surface area contributed by atoms with Crippen LogP contribution in [0.2, 0.25) is 0 Å². The molecule has 0 aromatic rings. The molecule has 0 saturated carbocycles. The van der Waals surface area contributed by atoms with Gasteiger partial charge >= 0.3 is 0 Å². The van der Waals surface area contributed by atoms with Crippen molar-refractivity contribution in [3.63, 3.8) is 0 Å². The van der Waals surface area contributed by atoms with Crippen LogP contribution in [0.5, 0.6) is 0 Å². The van der Waals surface area contributed by atoms with Gasteiger partial charge < -0.3 is 37.6 Å². The van der Waals surface area contributed by atoms with Crippen LogP contribution >= 0.6 is 0 Å². The molecule has 1 aliphatic heterocycles. The minimum Gasteiger partial charge on any atom is -0.357 e. The highest BCUT2D eigenvalue weighted by atomic mass is 16.1. The molecule has 1 aliphatic rings. The molecule has 24 heavy (non-hydrogen) atoms. The molecule has 9 heteroatoms. The number of carbonyl (C=O) groups excluding carboxylic acids is 1. The standard InChI is InChI=1S/C15H34N8O/c16-1-3-18-5-6-20-7-8-22-15(24)13-14-21-10-12-23(14)11-9-19-4-2-17/h18-20H,1-13,16-17H2,(H,22,24). The summed E-state index contributed by atoms with van der Waals surface area (Å²) in [5, 5.41) is 12.7. The van der Waals surface area contributed by atoms with Crippen molar-refractivity contribution >= 4 is 11.7 Å². The molecule has 0 saturated heterocycles. The van der Waals surface area contributed by atoms with Crippen LogP contribution in [0.3, 0.4) is 0 Å². The quantitative estimate of drug-likeness (QED) is 0.174. The maximum atomic E-state index is 12.0. The van der Waals surface area contributed by atoms with Crippen molar-refractivity contribution in [3.05, 3.63) is 0 Å². The Morgan fingerprint density at radius 1 is 0.958 bits per heavy atom. The highest BCUT2D eigenvalue weighted by Gasteiger charge is 2.18. The van der Waals surface area contributed by atoms with Gasteiger partial charge in [-0.2, -0.15) is 0 Å². The average Bonchev–Trinajstić information content (AvgIpc) is 3.01. The number of nitrogens with two attached hydrogens (primary N) is 2. The molecule has 1 heterocycles. The van der Waals surface area contributed by atoms with E-state index in [0.29, 0.717) is 26.1 Å². The lowest BCUT2D eigenvalue weighted by Gasteiger charge is -2.20. The largest absolute Gasteiger partial charge is 0.357 e. The molecule has 0 bridgehead atoms. The Balaban J connectivity index is 2.04. The van der Waals surface area contributed by atoms with Crippen molar-refractivity contribution in [3.8, 4) is 0 Å². The molecule has 0 unspecified atom stereocenters. The lowest BCUT2D eigenvalue weighted by atomic mass is 10.3. The number of hydrogen-bond acceptors (Lipinski definition) is 8. The van der Waals surface area contributed by atoms with E-state index in [-0.39, 0.29) is 5.91 Å². The van der Waals surface area contributed by atoms with Gasteiger partial charge in [0.05, 0.1) is 13.0 Å². The number of nitrogens with one attached hydrogen (secondary N) is 4. The zero-order valence-corrected chi connectivity index (χ0v) is 14.6. The summed E-state index contributed by atoms with van der Waals surface area (Å²) in [4.78, 5) is 18.6. The fourth-order valence-electron chi connectivity index (χ4n) is 2.40. The number of aliphatic imine (C=N–C) groups is 1. The monoisotopic (exact) mass is 342 g/mol. The highest BCUT2D eigenvalue weighted by molar-refractivity contribution is 6.00. The summed E-state index contributed by atoms with van der Waals surface area (Å²) < 4.78 is 0. The predicted octanol–water partition coefficient (Wildman–Crippen LogP) is -3.11. The summed E-state index contributed by atoms with van der Waals surface area (Å²) in [7, 11) is 0. The Bertz CT molecular complexity index is 363. The molecule has 9 nitrogen and oxygen atoms in total. The fourth-order valence-corrected chi connectivity index (χ4v) is 2.40. The summed E-state index contributed by atoms with van der Waals surface area (Å²) >= 11 is 0. The molecular weight excluding hydrogens is 308 g/mol. The van der Waals surface area contributed by atoms with E-state index in [9.17, 15) is 4.79 Å². The van der Waals surface area contributed by atoms with Crippen LogP contribution in [0.25, 0.3) is 0 Å². The van der Waals surface area contributed by atoms with Gasteiger partial charge in [0.2, 0.25) is 5.91 Å². The van der Waals surface area contributed by atoms with Crippen molar-refractivity contribution in [2.45, 2.75) is 6.42 Å². The third-order valence-corrected chi connectivity index (χ3v) is 3.65. The first-order valence-electron chi connectivity index (χ1n) is 8.85. The molecule has 0 atom stereocenters. The topological polar surface area (TPSA) is 133 Å². The lowest BCUT2D eigenvalue weighted by Crippen LogP contribution is -2.40. The maximum absolute atomic E-state index is 12.0. The van der Waals surface area contributed by atoms with Gasteiger partial charge in [0.15, 0.2) is 0 Å². The molecule has 0 spiro atoms. The summed E-state index contributed by atoms with van der Waals surface area (Å²) in [6.45, 7) is 9.47. The molecule has 0 aromatic carbocycles. The van der Waals surface area contributed by atoms with Gasteiger partial charge in [-0.25, -0.2) is 0 Å². The first-order chi connectivity index (χ1) is 11.8. The predicted molar refractivity (Wildman–Crippen MR) is 98.2 cm³/mol. The molecule has 1 rings (SSSR count). The van der Waals surface area contributed by atoms with Crippen molar-refractivity contribution in [2.24, 2.45) is 16.5 Å². The summed E-state index contributed by atoms with van der Waals surface area (Å²) in [6.07, 6.45) is 0.356. The normalized spacial score (nSPS) is 14.1. The number of carbonyl (C=O) groups is 1. The molecule has 1 amide bonds. The van der Waals surface area contributed by atoms with Crippen LogP contribution in [0, 0.1) is 0 Å². The molecule has 8 N–H and O–H groups in total. The van der Waals surface area contributed by atoms with Crippen molar-refractivity contribution in [1.29, 1.82) is 0 Å². The van der Waals surface area contributed by atoms with Gasteiger partial charge in [0.1, 0.15) is 5.84 Å². The van der Waals surface area contributed by atoms with Crippen LogP contribution in [-0.2, 0) is 4.79 Å². The zero-order chi connectivity index (χ0) is 17.5. The van der Waals surface area contributed by atoms with Gasteiger partial charge in [-0.3, -0.25) is 9.79 Å². The minimum atomic E-state index is 0.0265. The first kappa shape index (κ1) is 20.8. The van der Waals surface area contributed by atoms with E-state index in [1.807, 2.05) is 0 Å². The number of amides is 1. The zero-order valence-electron chi connectivity index (χ0n) is 14.6. The van der Waals surface area contributed by atoms with Gasteiger partial charge in [0.25, 0.3) is 0 Å². The summed E-state index contributed by atoms with van der Waals surface area (Å²) in [5.41, 5.74) is 10.8. The van der Waals surface area contributed by atoms with E-state index in [4.69, 9.17) is 11.5 Å². The second-order valence-electron chi connectivity index (χ2n) is 5.64. The Labute approximate surface area is 145 Å². The molecule has 140 valence electrons. The molecule has 0 aliphatic carbocycles. The van der Waals surface area contributed by atoms with Crippen LogP contribution < -0.4 is 32.7 Å². The van der Waals surface area contributed by atoms with E-state index in [1.54, 1.807) is 0 Å². The van der Waals surface area contributed by atoms with Crippen molar-refractivity contribution in [1.82, 2.24) is 26.2 Å². The highest BCUT2D eigenvalue weighted by Crippen LogP contribution is 2.04. The Morgan fingerprint density at radius 3 is 2.29 bits per heavy atom. The van der Waals surface area contributed by atoms with Crippen LogP contribution in [0.15, 0.2) is 4.99 Å². The summed E-state index contributed by atoms with van der Waals surface area (Å²) in [5.74, 6) is 0.916. The van der Waals surface area contributed by atoms with Crippen molar-refractivity contribution < 1.29 is 4.79 Å². The Hall–Kier alpha value is -1.26. The van der Waals surface area contributed by atoms with Crippen LogP contribution in [-0.4, -0.2) is 95.2 Å². The smallest absolute Gasteiger partial charge is 0.227 e. The molecular formula is C15H34N8O. The van der Waals surface area contributed by atoms with Crippen LogP contribution in [0.1, 0.15) is 6.42 Å². The third kappa shape index (κ3) is 9.78. The molecule has 0 radical (unpaired) electrons. The van der Waals surface area contributed by atoms with Gasteiger partial charge in [0, 0.05) is 72.0 Å². The first-order valence-corrected chi connectivity index (χ1v) is 8.85. The molecule has 0 fully saturated rings. The SMILES string of the molecule is NCCNCCNCCNC(=O)CC1=NCCN1CCNCCN. The number of nitrogens with zero attached hydrogens (tertiary/aromatic N) is 2. The van der Waals surface area contributed by atoms with Gasteiger partial charge in [-0.1, -0.05) is 0 Å². The lowest BCUT2D eigenvalue weighted by molar-refractivity contribution is -0.119. The van der Waals surface area contributed by atoms with Crippen molar-refractivity contribution in [2.75, 3.05) is 78.5 Å². The average molecular weight is 342 g/mol. The maximum Gasteiger partial charge on any atom is 0.227 e.